The Morgan fingerprint density at radius 2 is 1.83 bits per heavy atom. The number of hydrogen-bond acceptors (Lipinski definition) is 2. The number of carbonyl (C=O) groups excluding carboxylic acids is 1. The number of carbonyl (C=O) groups is 1. The van der Waals surface area contributed by atoms with Crippen molar-refractivity contribution in [1.82, 2.24) is 0 Å². The first-order chi connectivity index (χ1) is 8.58. The molecule has 0 aliphatic rings. The van der Waals surface area contributed by atoms with Crippen LogP contribution in [-0.2, 0) is 0 Å². The molecule has 0 saturated heterocycles. The molecule has 2 aromatic carbocycles. The van der Waals surface area contributed by atoms with E-state index < -0.39 is 5.91 Å². The first-order valence-corrected chi connectivity index (χ1v) is 5.43. The van der Waals surface area contributed by atoms with Crippen LogP contribution in [0, 0.1) is 12.7 Å². The van der Waals surface area contributed by atoms with Gasteiger partial charge in [-0.2, -0.15) is 0 Å². The fourth-order valence-corrected chi connectivity index (χ4v) is 1.57. The van der Waals surface area contributed by atoms with Gasteiger partial charge in [0.1, 0.15) is 11.6 Å². The van der Waals surface area contributed by atoms with E-state index in [1.54, 1.807) is 19.1 Å². The van der Waals surface area contributed by atoms with Gasteiger partial charge in [0, 0.05) is 5.69 Å². The summed E-state index contributed by atoms with van der Waals surface area (Å²) in [6.07, 6.45) is 0. The molecule has 1 amide bonds. The van der Waals surface area contributed by atoms with E-state index >= 15 is 0 Å². The molecule has 2 aromatic rings. The predicted molar refractivity (Wildman–Crippen MR) is 67.2 cm³/mol. The van der Waals surface area contributed by atoms with Gasteiger partial charge in [-0.1, -0.05) is 12.1 Å². The highest BCUT2D eigenvalue weighted by atomic mass is 19.1. The molecule has 92 valence electrons. The van der Waals surface area contributed by atoms with Crippen LogP contribution in [0.1, 0.15) is 15.9 Å². The molecule has 4 heteroatoms. The maximum atomic E-state index is 12.7. The molecule has 18 heavy (non-hydrogen) atoms. The number of hydrogen-bond donors (Lipinski definition) is 2. The smallest absolute Gasteiger partial charge is 0.259 e. The maximum absolute atomic E-state index is 12.7. The van der Waals surface area contributed by atoms with Crippen molar-refractivity contribution in [2.75, 3.05) is 5.32 Å². The number of halogens is 1. The average molecular weight is 245 g/mol. The predicted octanol–water partition coefficient (Wildman–Crippen LogP) is 3.09. The largest absolute Gasteiger partial charge is 0.507 e. The van der Waals surface area contributed by atoms with Gasteiger partial charge in [0.05, 0.1) is 5.56 Å². The number of anilines is 1. The fraction of sp³-hybridized carbons (Fsp3) is 0.0714. The summed E-state index contributed by atoms with van der Waals surface area (Å²) in [5.74, 6) is -0.841. The van der Waals surface area contributed by atoms with Gasteiger partial charge in [0.25, 0.3) is 5.91 Å². The SMILES string of the molecule is Cc1cccc(C(=O)Nc2ccc(F)cc2)c1O. The molecule has 0 aromatic heterocycles. The van der Waals surface area contributed by atoms with Gasteiger partial charge in [0.15, 0.2) is 0 Å². The lowest BCUT2D eigenvalue weighted by Crippen LogP contribution is -2.12. The number of rotatable bonds is 2. The van der Waals surface area contributed by atoms with Crippen LogP contribution in [0.25, 0.3) is 0 Å². The summed E-state index contributed by atoms with van der Waals surface area (Å²) in [4.78, 5) is 11.9. The molecule has 0 aliphatic heterocycles. The van der Waals surface area contributed by atoms with Crippen molar-refractivity contribution in [3.63, 3.8) is 0 Å². The van der Waals surface area contributed by atoms with Crippen LogP contribution in [0.2, 0.25) is 0 Å². The zero-order valence-corrected chi connectivity index (χ0v) is 9.77. The van der Waals surface area contributed by atoms with Crippen molar-refractivity contribution in [2.45, 2.75) is 6.92 Å². The zero-order chi connectivity index (χ0) is 13.1. The minimum atomic E-state index is -0.428. The molecule has 0 saturated carbocycles. The molecule has 0 radical (unpaired) electrons. The van der Waals surface area contributed by atoms with E-state index in [0.29, 0.717) is 11.3 Å². The Bertz CT molecular complexity index is 579. The summed E-state index contributed by atoms with van der Waals surface area (Å²) in [5, 5.41) is 12.4. The summed E-state index contributed by atoms with van der Waals surface area (Å²) in [6, 6.07) is 10.4. The standard InChI is InChI=1S/C14H12FNO2/c1-9-3-2-4-12(13(9)17)14(18)16-11-7-5-10(15)6-8-11/h2-8,17H,1H3,(H,16,18). The van der Waals surface area contributed by atoms with Crippen LogP contribution in [0.4, 0.5) is 10.1 Å². The number of phenolic OH excluding ortho intramolecular Hbond substituents is 1. The molecular formula is C14H12FNO2. The summed E-state index contributed by atoms with van der Waals surface area (Å²) >= 11 is 0. The second kappa shape index (κ2) is 4.87. The zero-order valence-electron chi connectivity index (χ0n) is 9.77. The molecule has 3 nitrogen and oxygen atoms in total. The molecule has 0 fully saturated rings. The Morgan fingerprint density at radius 1 is 1.17 bits per heavy atom. The molecule has 0 atom stereocenters. The number of aryl methyl sites for hydroxylation is 1. The molecule has 0 aliphatic carbocycles. The number of benzene rings is 2. The third-order valence-electron chi connectivity index (χ3n) is 2.58. The quantitative estimate of drug-likeness (QED) is 0.854. The Hall–Kier alpha value is -2.36. The van der Waals surface area contributed by atoms with E-state index in [4.69, 9.17) is 0 Å². The summed E-state index contributed by atoms with van der Waals surface area (Å²) in [6.45, 7) is 1.71. The van der Waals surface area contributed by atoms with Gasteiger partial charge < -0.3 is 10.4 Å². The molecule has 2 N–H and O–H groups in total. The third-order valence-corrected chi connectivity index (χ3v) is 2.58. The van der Waals surface area contributed by atoms with E-state index in [1.165, 1.54) is 30.3 Å². The Labute approximate surface area is 104 Å². The first-order valence-electron chi connectivity index (χ1n) is 5.43. The molecular weight excluding hydrogens is 233 g/mol. The second-order valence-corrected chi connectivity index (χ2v) is 3.93. The van der Waals surface area contributed by atoms with Gasteiger partial charge >= 0.3 is 0 Å². The molecule has 0 spiro atoms. The molecule has 0 heterocycles. The lowest BCUT2D eigenvalue weighted by atomic mass is 10.1. The van der Waals surface area contributed by atoms with E-state index in [2.05, 4.69) is 5.32 Å². The molecule has 0 bridgehead atoms. The van der Waals surface area contributed by atoms with Gasteiger partial charge in [0.2, 0.25) is 0 Å². The van der Waals surface area contributed by atoms with Crippen LogP contribution in [0.15, 0.2) is 42.5 Å². The minimum Gasteiger partial charge on any atom is -0.507 e. The maximum Gasteiger partial charge on any atom is 0.259 e. The van der Waals surface area contributed by atoms with Gasteiger partial charge in [-0.15, -0.1) is 0 Å². The van der Waals surface area contributed by atoms with E-state index in [-0.39, 0.29) is 17.1 Å². The van der Waals surface area contributed by atoms with Crippen molar-refractivity contribution in [3.8, 4) is 5.75 Å². The normalized spacial score (nSPS) is 10.1. The lowest BCUT2D eigenvalue weighted by molar-refractivity contribution is 0.102. The van der Waals surface area contributed by atoms with Crippen LogP contribution in [0.5, 0.6) is 5.75 Å². The third kappa shape index (κ3) is 2.48. The topological polar surface area (TPSA) is 49.3 Å². The Morgan fingerprint density at radius 3 is 2.50 bits per heavy atom. The molecule has 2 rings (SSSR count). The molecule has 0 unspecified atom stereocenters. The lowest BCUT2D eigenvalue weighted by Gasteiger charge is -2.08. The van der Waals surface area contributed by atoms with Gasteiger partial charge in [-0.25, -0.2) is 4.39 Å². The van der Waals surface area contributed by atoms with Crippen LogP contribution in [-0.4, -0.2) is 11.0 Å². The Balaban J connectivity index is 2.22. The van der Waals surface area contributed by atoms with Crippen LogP contribution < -0.4 is 5.32 Å². The number of nitrogens with one attached hydrogen (secondary N) is 1. The highest BCUT2D eigenvalue weighted by Crippen LogP contribution is 2.22. The van der Waals surface area contributed by atoms with Crippen LogP contribution in [0.3, 0.4) is 0 Å². The van der Waals surface area contributed by atoms with Crippen molar-refractivity contribution < 1.29 is 14.3 Å². The van der Waals surface area contributed by atoms with Gasteiger partial charge in [-0.05, 0) is 42.8 Å². The first kappa shape index (κ1) is 12.1. The monoisotopic (exact) mass is 245 g/mol. The Kier molecular flexibility index (Phi) is 3.28. The van der Waals surface area contributed by atoms with E-state index in [0.717, 1.165) is 0 Å². The highest BCUT2D eigenvalue weighted by molar-refractivity contribution is 6.06. The summed E-state index contributed by atoms with van der Waals surface area (Å²) in [5.41, 5.74) is 1.29. The van der Waals surface area contributed by atoms with Crippen molar-refractivity contribution in [3.05, 3.63) is 59.4 Å². The fourth-order valence-electron chi connectivity index (χ4n) is 1.57. The van der Waals surface area contributed by atoms with Crippen molar-refractivity contribution >= 4 is 11.6 Å². The number of phenols is 1. The minimum absolute atomic E-state index is 0.0443. The van der Waals surface area contributed by atoms with Crippen molar-refractivity contribution in [1.29, 1.82) is 0 Å². The average Bonchev–Trinajstić information content (AvgIpc) is 2.35. The van der Waals surface area contributed by atoms with E-state index in [9.17, 15) is 14.3 Å². The van der Waals surface area contributed by atoms with Gasteiger partial charge in [-0.3, -0.25) is 4.79 Å². The number of para-hydroxylation sites is 1. The van der Waals surface area contributed by atoms with Crippen LogP contribution >= 0.6 is 0 Å². The summed E-state index contributed by atoms with van der Waals surface area (Å²) < 4.78 is 12.7. The van der Waals surface area contributed by atoms with E-state index in [1.807, 2.05) is 0 Å². The highest BCUT2D eigenvalue weighted by Gasteiger charge is 2.12. The number of amides is 1. The summed E-state index contributed by atoms with van der Waals surface area (Å²) in [7, 11) is 0. The second-order valence-electron chi connectivity index (χ2n) is 3.93. The van der Waals surface area contributed by atoms with Crippen molar-refractivity contribution in [2.24, 2.45) is 0 Å². The number of aromatic hydroxyl groups is 1.